The summed E-state index contributed by atoms with van der Waals surface area (Å²) in [6, 6.07) is 17.2. The summed E-state index contributed by atoms with van der Waals surface area (Å²) in [5.41, 5.74) is 2.06. The van der Waals surface area contributed by atoms with Gasteiger partial charge in [-0.25, -0.2) is 13.1 Å². The second-order valence-corrected chi connectivity index (χ2v) is 7.98. The Labute approximate surface area is 153 Å². The van der Waals surface area contributed by atoms with E-state index in [2.05, 4.69) is 9.82 Å². The maximum atomic E-state index is 12.0. The van der Waals surface area contributed by atoms with Gasteiger partial charge in [0.15, 0.2) is 0 Å². The highest BCUT2D eigenvalue weighted by atomic mass is 32.2. The van der Waals surface area contributed by atoms with Crippen LogP contribution in [0.15, 0.2) is 54.6 Å². The fourth-order valence-electron chi connectivity index (χ4n) is 2.74. The van der Waals surface area contributed by atoms with Gasteiger partial charge < -0.3 is 4.74 Å². The average molecular weight is 373 g/mol. The van der Waals surface area contributed by atoms with Crippen molar-refractivity contribution in [2.45, 2.75) is 19.9 Å². The fourth-order valence-corrected chi connectivity index (χ4v) is 3.65. The lowest BCUT2D eigenvalue weighted by Gasteiger charge is -2.09. The van der Waals surface area contributed by atoms with Gasteiger partial charge in [-0.2, -0.15) is 5.10 Å². The van der Waals surface area contributed by atoms with Gasteiger partial charge >= 0.3 is 0 Å². The molecule has 138 valence electrons. The van der Waals surface area contributed by atoms with Crippen LogP contribution >= 0.6 is 0 Å². The lowest BCUT2D eigenvalue weighted by Crippen LogP contribution is -2.30. The van der Waals surface area contributed by atoms with Crippen LogP contribution in [0.2, 0.25) is 0 Å². The highest BCUT2D eigenvalue weighted by Crippen LogP contribution is 2.17. The summed E-state index contributed by atoms with van der Waals surface area (Å²) in [4.78, 5) is 0. The first-order valence-corrected chi connectivity index (χ1v) is 10.3. The molecule has 26 heavy (non-hydrogen) atoms. The molecule has 0 saturated carbocycles. The third-order valence-corrected chi connectivity index (χ3v) is 5.49. The number of hydrogen-bond acceptors (Lipinski definition) is 4. The summed E-state index contributed by atoms with van der Waals surface area (Å²) in [6.07, 6.45) is 0.674. The summed E-state index contributed by atoms with van der Waals surface area (Å²) in [7, 11) is -3.35. The van der Waals surface area contributed by atoms with Crippen molar-refractivity contribution in [3.8, 4) is 5.75 Å². The minimum absolute atomic E-state index is 0.0629. The summed E-state index contributed by atoms with van der Waals surface area (Å²) in [6.45, 7) is 3.20. The Balaban J connectivity index is 1.42. The molecule has 0 aliphatic heterocycles. The number of aromatic nitrogens is 2. The summed E-state index contributed by atoms with van der Waals surface area (Å²) >= 11 is 0. The first-order valence-electron chi connectivity index (χ1n) is 8.62. The molecule has 6 nitrogen and oxygen atoms in total. The van der Waals surface area contributed by atoms with Gasteiger partial charge in [0, 0.05) is 24.2 Å². The molecule has 0 amide bonds. The fraction of sp³-hybridized carbons (Fsp3) is 0.316. The molecule has 1 heterocycles. The normalized spacial score (nSPS) is 11.7. The molecule has 0 unspecified atom stereocenters. The Hall–Kier alpha value is -2.38. The number of sulfonamides is 1. The molecular formula is C19H23N3O3S. The van der Waals surface area contributed by atoms with Crippen LogP contribution in [0.5, 0.6) is 5.75 Å². The third-order valence-electron chi connectivity index (χ3n) is 4.14. The van der Waals surface area contributed by atoms with E-state index in [1.807, 2.05) is 54.1 Å². The topological polar surface area (TPSA) is 73.2 Å². The molecule has 1 aromatic heterocycles. The Morgan fingerprint density at radius 1 is 1.08 bits per heavy atom. The largest absolute Gasteiger partial charge is 0.492 e. The molecule has 7 heteroatoms. The third kappa shape index (κ3) is 4.83. The average Bonchev–Trinajstić information content (AvgIpc) is 2.96. The van der Waals surface area contributed by atoms with E-state index < -0.39 is 10.0 Å². The van der Waals surface area contributed by atoms with Crippen molar-refractivity contribution in [1.29, 1.82) is 0 Å². The molecule has 3 rings (SSSR count). The van der Waals surface area contributed by atoms with Crippen molar-refractivity contribution in [2.75, 3.05) is 18.9 Å². The van der Waals surface area contributed by atoms with E-state index in [-0.39, 0.29) is 12.4 Å². The van der Waals surface area contributed by atoms with Gasteiger partial charge in [0.05, 0.1) is 11.3 Å². The number of aryl methyl sites for hydroxylation is 2. The van der Waals surface area contributed by atoms with Gasteiger partial charge in [0.1, 0.15) is 12.4 Å². The van der Waals surface area contributed by atoms with Crippen LogP contribution in [0.4, 0.5) is 0 Å². The van der Waals surface area contributed by atoms with Crippen LogP contribution in [0.1, 0.15) is 12.1 Å². The van der Waals surface area contributed by atoms with Gasteiger partial charge in [0.2, 0.25) is 10.0 Å². The minimum atomic E-state index is -3.35. The Morgan fingerprint density at radius 2 is 1.81 bits per heavy atom. The predicted octanol–water partition coefficient (Wildman–Crippen LogP) is 2.73. The molecule has 0 aliphatic carbocycles. The first kappa shape index (κ1) is 18.4. The standard InChI is InChI=1S/C19H23N3O3S/c1-16-18-10-5-6-11-19(18)21-22(16)13-7-12-20-26(23,24)15-14-25-17-8-3-2-4-9-17/h2-6,8-11,20H,7,12-15H2,1H3. The molecule has 0 saturated heterocycles. The lowest BCUT2D eigenvalue weighted by molar-refractivity contribution is 0.340. The molecular weight excluding hydrogens is 350 g/mol. The van der Waals surface area contributed by atoms with E-state index in [1.165, 1.54) is 0 Å². The zero-order valence-corrected chi connectivity index (χ0v) is 15.6. The highest BCUT2D eigenvalue weighted by molar-refractivity contribution is 7.89. The van der Waals surface area contributed by atoms with Crippen molar-refractivity contribution in [1.82, 2.24) is 14.5 Å². The summed E-state index contributed by atoms with van der Waals surface area (Å²) in [5, 5.41) is 5.68. The second kappa shape index (κ2) is 8.33. The van der Waals surface area contributed by atoms with Crippen LogP contribution in [0.3, 0.4) is 0 Å². The summed E-state index contributed by atoms with van der Waals surface area (Å²) in [5.74, 6) is 0.607. The number of fused-ring (bicyclic) bond motifs is 1. The molecule has 0 atom stereocenters. The van der Waals surface area contributed by atoms with Crippen molar-refractivity contribution in [3.05, 3.63) is 60.3 Å². The van der Waals surface area contributed by atoms with E-state index >= 15 is 0 Å². The van der Waals surface area contributed by atoms with Crippen LogP contribution in [0, 0.1) is 6.92 Å². The smallest absolute Gasteiger partial charge is 0.214 e. The highest BCUT2D eigenvalue weighted by Gasteiger charge is 2.11. The van der Waals surface area contributed by atoms with Gasteiger partial charge in [-0.3, -0.25) is 4.68 Å². The maximum Gasteiger partial charge on any atom is 0.214 e. The van der Waals surface area contributed by atoms with E-state index in [4.69, 9.17) is 4.74 Å². The van der Waals surface area contributed by atoms with Gasteiger partial charge in [0.25, 0.3) is 0 Å². The Kier molecular flexibility index (Phi) is 5.90. The number of ether oxygens (including phenoxy) is 1. The van der Waals surface area contributed by atoms with E-state index in [0.29, 0.717) is 25.3 Å². The Morgan fingerprint density at radius 3 is 2.58 bits per heavy atom. The first-order chi connectivity index (χ1) is 12.6. The number of rotatable bonds is 9. The van der Waals surface area contributed by atoms with Crippen LogP contribution in [-0.2, 0) is 16.6 Å². The van der Waals surface area contributed by atoms with Crippen LogP contribution in [-0.4, -0.2) is 37.1 Å². The number of hydrogen-bond donors (Lipinski definition) is 1. The number of nitrogens with one attached hydrogen (secondary N) is 1. The van der Waals surface area contributed by atoms with Gasteiger partial charge in [-0.15, -0.1) is 0 Å². The molecule has 1 N–H and O–H groups in total. The summed E-state index contributed by atoms with van der Waals surface area (Å²) < 4.78 is 34.0. The number of nitrogens with zero attached hydrogens (tertiary/aromatic N) is 2. The van der Waals surface area contributed by atoms with Crippen molar-refractivity contribution < 1.29 is 13.2 Å². The second-order valence-electron chi connectivity index (χ2n) is 6.05. The van der Waals surface area contributed by atoms with Crippen molar-refractivity contribution >= 4 is 20.9 Å². The predicted molar refractivity (Wildman–Crippen MR) is 103 cm³/mol. The zero-order chi connectivity index (χ0) is 18.4. The van der Waals surface area contributed by atoms with Crippen molar-refractivity contribution in [3.63, 3.8) is 0 Å². The number of benzene rings is 2. The van der Waals surface area contributed by atoms with E-state index in [0.717, 1.165) is 16.6 Å². The van der Waals surface area contributed by atoms with Crippen LogP contribution < -0.4 is 9.46 Å². The van der Waals surface area contributed by atoms with Gasteiger partial charge in [-0.1, -0.05) is 36.4 Å². The molecule has 0 aliphatic rings. The monoisotopic (exact) mass is 373 g/mol. The molecule has 0 spiro atoms. The van der Waals surface area contributed by atoms with Crippen LogP contribution in [0.25, 0.3) is 10.9 Å². The van der Waals surface area contributed by atoms with Crippen molar-refractivity contribution in [2.24, 2.45) is 0 Å². The van der Waals surface area contributed by atoms with Gasteiger partial charge in [-0.05, 0) is 31.5 Å². The quantitative estimate of drug-likeness (QED) is 0.585. The minimum Gasteiger partial charge on any atom is -0.492 e. The zero-order valence-electron chi connectivity index (χ0n) is 14.8. The SMILES string of the molecule is Cc1c2ccccc2nn1CCCNS(=O)(=O)CCOc1ccccc1. The molecule has 2 aromatic carbocycles. The lowest BCUT2D eigenvalue weighted by atomic mass is 10.2. The molecule has 0 radical (unpaired) electrons. The molecule has 0 fully saturated rings. The molecule has 0 bridgehead atoms. The number of para-hydroxylation sites is 1. The molecule has 3 aromatic rings. The van der Waals surface area contributed by atoms with E-state index in [9.17, 15) is 8.42 Å². The van der Waals surface area contributed by atoms with E-state index in [1.54, 1.807) is 12.1 Å². The Bertz CT molecular complexity index is 953. The maximum absolute atomic E-state index is 12.0.